The summed E-state index contributed by atoms with van der Waals surface area (Å²) in [5, 5.41) is 18.7. The minimum absolute atomic E-state index is 0.0357. The summed E-state index contributed by atoms with van der Waals surface area (Å²) in [6.45, 7) is 15.8. The van der Waals surface area contributed by atoms with Gasteiger partial charge in [0.1, 0.15) is 17.9 Å². The van der Waals surface area contributed by atoms with Gasteiger partial charge in [-0.15, -0.1) is 0 Å². The average molecular weight is 519 g/mol. The highest BCUT2D eigenvalue weighted by atomic mass is 16.5. The van der Waals surface area contributed by atoms with Crippen LogP contribution >= 0.6 is 0 Å². The number of nitrogens with one attached hydrogen (secondary N) is 2. The number of piperidine rings is 2. The molecule has 2 aliphatic rings. The second kappa shape index (κ2) is 13.8. The zero-order valence-electron chi connectivity index (χ0n) is 23.9. The first-order chi connectivity index (χ1) is 17.6. The molecule has 0 saturated carbocycles. The van der Waals surface area contributed by atoms with Crippen LogP contribution in [0.3, 0.4) is 0 Å². The lowest BCUT2D eigenvalue weighted by atomic mass is 9.91. The summed E-state index contributed by atoms with van der Waals surface area (Å²) in [5.74, 6) is 1.95. The molecule has 37 heavy (non-hydrogen) atoms. The molecule has 1 amide bonds. The molecule has 1 unspecified atom stereocenters. The summed E-state index contributed by atoms with van der Waals surface area (Å²) < 4.78 is 5.20. The van der Waals surface area contributed by atoms with Gasteiger partial charge in [0.05, 0.1) is 11.5 Å². The normalized spacial score (nSPS) is 21.9. The zero-order chi connectivity index (χ0) is 27.0. The van der Waals surface area contributed by atoms with Crippen molar-refractivity contribution in [3.05, 3.63) is 17.6 Å². The maximum absolute atomic E-state index is 13.3. The largest absolute Gasteiger partial charge is 0.385 e. The number of methoxy groups -OCH3 is 1. The summed E-state index contributed by atoms with van der Waals surface area (Å²) in [6, 6.07) is 0.0357. The van der Waals surface area contributed by atoms with E-state index in [1.807, 2.05) is 4.90 Å². The van der Waals surface area contributed by atoms with Crippen molar-refractivity contribution in [1.82, 2.24) is 25.1 Å². The molecule has 9 heteroatoms. The molecule has 0 aromatic carbocycles. The Bertz CT molecular complexity index is 853. The second-order valence-electron chi connectivity index (χ2n) is 12.1. The first kappa shape index (κ1) is 29.7. The quantitative estimate of drug-likeness (QED) is 0.303. The van der Waals surface area contributed by atoms with Crippen LogP contribution in [0, 0.1) is 11.8 Å². The number of rotatable bonds is 11. The number of aliphatic hydroxyl groups is 1. The van der Waals surface area contributed by atoms with Crippen LogP contribution in [-0.4, -0.2) is 89.8 Å². The summed E-state index contributed by atoms with van der Waals surface area (Å²) in [7, 11) is 1.70. The molecule has 0 bridgehead atoms. The van der Waals surface area contributed by atoms with Crippen molar-refractivity contribution in [2.24, 2.45) is 11.8 Å². The number of ether oxygens (including phenoxy) is 1. The van der Waals surface area contributed by atoms with Gasteiger partial charge in [-0.3, -0.25) is 9.69 Å². The van der Waals surface area contributed by atoms with Gasteiger partial charge in [0, 0.05) is 70.6 Å². The number of carbonyl (C=O) groups excluding carboxylic acids is 1. The summed E-state index contributed by atoms with van der Waals surface area (Å²) in [6.07, 6.45) is 5.87. The van der Waals surface area contributed by atoms with E-state index in [2.05, 4.69) is 55.1 Å². The molecule has 3 N–H and O–H groups in total. The Balaban J connectivity index is 1.83. The fourth-order valence-electron chi connectivity index (χ4n) is 5.29. The minimum atomic E-state index is -0.878. The van der Waals surface area contributed by atoms with Gasteiger partial charge < -0.3 is 25.4 Å². The molecule has 210 valence electrons. The number of nitrogens with zero attached hydrogens (tertiary/aromatic N) is 4. The number of carbonyl (C=O) groups is 1. The molecule has 2 aliphatic heterocycles. The van der Waals surface area contributed by atoms with Gasteiger partial charge in [0.2, 0.25) is 5.91 Å². The predicted molar refractivity (Wildman–Crippen MR) is 147 cm³/mol. The van der Waals surface area contributed by atoms with Crippen molar-refractivity contribution >= 4 is 11.7 Å². The minimum Gasteiger partial charge on any atom is -0.385 e. The van der Waals surface area contributed by atoms with E-state index in [0.29, 0.717) is 43.5 Å². The van der Waals surface area contributed by atoms with Gasteiger partial charge >= 0.3 is 0 Å². The number of amides is 1. The van der Waals surface area contributed by atoms with Crippen LogP contribution in [0.4, 0.5) is 5.82 Å². The molecule has 0 spiro atoms. The van der Waals surface area contributed by atoms with E-state index in [4.69, 9.17) is 9.72 Å². The highest BCUT2D eigenvalue weighted by molar-refractivity contribution is 5.79. The Morgan fingerprint density at radius 2 is 2.00 bits per heavy atom. The topological polar surface area (TPSA) is 103 Å². The van der Waals surface area contributed by atoms with Crippen LogP contribution in [0.1, 0.15) is 84.3 Å². The Morgan fingerprint density at radius 1 is 1.27 bits per heavy atom. The standard InChI is InChI=1S/C28H50N6O3/c1-20(2)19-34(22-15-21(16-29-17-22)25(35)33-12-8-7-9-13-33)26(36)23-18-31-27(28(3,4)5)32-24(23)30-11-10-14-37-6/h18,20-22,26,29,36H,7-17,19H2,1-6H3,(H,30,31,32)/t21-,22+,26?/m1/s1. The van der Waals surface area contributed by atoms with E-state index in [1.165, 1.54) is 6.42 Å². The summed E-state index contributed by atoms with van der Waals surface area (Å²) in [4.78, 5) is 27.0. The lowest BCUT2D eigenvalue weighted by Gasteiger charge is -2.42. The van der Waals surface area contributed by atoms with Crippen molar-refractivity contribution in [2.45, 2.75) is 84.4 Å². The SMILES string of the molecule is COCCCNc1nc(C(C)(C)C)ncc1C(O)N(CC(C)C)[C@@H]1CNC[C@H](C(=O)N2CCCCC2)C1. The van der Waals surface area contributed by atoms with Crippen LogP contribution in [0.15, 0.2) is 6.20 Å². The Labute approximate surface area is 223 Å². The fraction of sp³-hybridized carbons (Fsp3) is 0.821. The van der Waals surface area contributed by atoms with Crippen molar-refractivity contribution < 1.29 is 14.6 Å². The van der Waals surface area contributed by atoms with Crippen LogP contribution < -0.4 is 10.6 Å². The number of hydrogen-bond acceptors (Lipinski definition) is 8. The van der Waals surface area contributed by atoms with Gasteiger partial charge in [-0.1, -0.05) is 34.6 Å². The highest BCUT2D eigenvalue weighted by Crippen LogP contribution is 2.31. The van der Waals surface area contributed by atoms with Crippen LogP contribution in [0.5, 0.6) is 0 Å². The van der Waals surface area contributed by atoms with Gasteiger partial charge in [0.25, 0.3) is 0 Å². The number of likely N-dealkylation sites (tertiary alicyclic amines) is 1. The molecule has 1 aromatic rings. The number of aromatic nitrogens is 2. The Hall–Kier alpha value is -1.81. The van der Waals surface area contributed by atoms with Crippen molar-refractivity contribution in [2.75, 3.05) is 58.3 Å². The maximum atomic E-state index is 13.3. The van der Waals surface area contributed by atoms with Crippen LogP contribution in [0.25, 0.3) is 0 Å². The zero-order valence-corrected chi connectivity index (χ0v) is 23.9. The number of hydrogen-bond donors (Lipinski definition) is 3. The molecule has 1 aromatic heterocycles. The van der Waals surface area contributed by atoms with Crippen LogP contribution in [0.2, 0.25) is 0 Å². The predicted octanol–water partition coefficient (Wildman–Crippen LogP) is 3.16. The van der Waals surface area contributed by atoms with Gasteiger partial charge in [-0.05, 0) is 38.0 Å². The number of anilines is 1. The molecule has 3 heterocycles. The van der Waals surface area contributed by atoms with E-state index < -0.39 is 6.23 Å². The number of aliphatic hydroxyl groups excluding tert-OH is 1. The average Bonchev–Trinajstić information content (AvgIpc) is 2.89. The second-order valence-corrected chi connectivity index (χ2v) is 12.1. The van der Waals surface area contributed by atoms with E-state index in [1.54, 1.807) is 13.3 Å². The molecule has 2 fully saturated rings. The van der Waals surface area contributed by atoms with E-state index in [9.17, 15) is 9.90 Å². The maximum Gasteiger partial charge on any atom is 0.227 e. The van der Waals surface area contributed by atoms with Crippen molar-refractivity contribution in [3.63, 3.8) is 0 Å². The Morgan fingerprint density at radius 3 is 2.65 bits per heavy atom. The molecule has 3 atom stereocenters. The first-order valence-corrected chi connectivity index (χ1v) is 14.1. The molecule has 3 rings (SSSR count). The Kier molecular flexibility index (Phi) is 11.1. The molecular weight excluding hydrogens is 468 g/mol. The van der Waals surface area contributed by atoms with Gasteiger partial charge in [-0.25, -0.2) is 9.97 Å². The van der Waals surface area contributed by atoms with E-state index in [-0.39, 0.29) is 23.3 Å². The molecular formula is C28H50N6O3. The van der Waals surface area contributed by atoms with E-state index >= 15 is 0 Å². The van der Waals surface area contributed by atoms with Crippen molar-refractivity contribution in [3.8, 4) is 0 Å². The van der Waals surface area contributed by atoms with Gasteiger partial charge in [-0.2, -0.15) is 0 Å². The monoisotopic (exact) mass is 518 g/mol. The third-order valence-electron chi connectivity index (χ3n) is 7.29. The van der Waals surface area contributed by atoms with Crippen LogP contribution in [-0.2, 0) is 14.9 Å². The summed E-state index contributed by atoms with van der Waals surface area (Å²) in [5.41, 5.74) is 0.467. The smallest absolute Gasteiger partial charge is 0.227 e. The molecule has 2 saturated heterocycles. The summed E-state index contributed by atoms with van der Waals surface area (Å²) >= 11 is 0. The lowest BCUT2D eigenvalue weighted by molar-refractivity contribution is -0.138. The van der Waals surface area contributed by atoms with E-state index in [0.717, 1.165) is 51.1 Å². The molecule has 0 radical (unpaired) electrons. The van der Waals surface area contributed by atoms with Gasteiger partial charge in [0.15, 0.2) is 0 Å². The fourth-order valence-corrected chi connectivity index (χ4v) is 5.29. The highest BCUT2D eigenvalue weighted by Gasteiger charge is 2.37. The third-order valence-corrected chi connectivity index (χ3v) is 7.29. The first-order valence-electron chi connectivity index (χ1n) is 14.1. The van der Waals surface area contributed by atoms with Crippen molar-refractivity contribution in [1.29, 1.82) is 0 Å². The lowest BCUT2D eigenvalue weighted by Crippen LogP contribution is -2.54. The molecule has 9 nitrogen and oxygen atoms in total. The third kappa shape index (κ3) is 8.34. The molecule has 0 aliphatic carbocycles.